The molecular weight excluding hydrogens is 252 g/mol. The number of benzene rings is 1. The fraction of sp³-hybridized carbons (Fsp3) is 0.500. The summed E-state index contributed by atoms with van der Waals surface area (Å²) in [6, 6.07) is 8.08. The van der Waals surface area contributed by atoms with E-state index in [1.165, 1.54) is 5.56 Å². The summed E-state index contributed by atoms with van der Waals surface area (Å²) in [5, 5.41) is 0.250. The van der Waals surface area contributed by atoms with E-state index in [2.05, 4.69) is 52.6 Å². The normalized spacial score (nSPS) is 12.3. The summed E-state index contributed by atoms with van der Waals surface area (Å²) in [7, 11) is -1.67. The summed E-state index contributed by atoms with van der Waals surface area (Å²) in [4.78, 5) is 0. The van der Waals surface area contributed by atoms with E-state index in [1.807, 2.05) is 12.1 Å². The van der Waals surface area contributed by atoms with Crippen molar-refractivity contribution in [2.24, 2.45) is 0 Å². The highest BCUT2D eigenvalue weighted by atomic mass is 28.4. The summed E-state index contributed by atoms with van der Waals surface area (Å²) in [5.41, 5.74) is 1.19. The van der Waals surface area contributed by atoms with E-state index in [4.69, 9.17) is 9.16 Å². The zero-order valence-electron chi connectivity index (χ0n) is 12.8. The molecule has 1 rings (SSSR count). The Morgan fingerprint density at radius 2 is 1.74 bits per heavy atom. The minimum Gasteiger partial charge on any atom is -0.490 e. The molecule has 3 heteroatoms. The van der Waals surface area contributed by atoms with E-state index < -0.39 is 8.32 Å². The van der Waals surface area contributed by atoms with Gasteiger partial charge in [0, 0.05) is 0 Å². The van der Waals surface area contributed by atoms with Crippen LogP contribution in [0.2, 0.25) is 18.1 Å². The summed E-state index contributed by atoms with van der Waals surface area (Å²) in [5.74, 6) is 0.871. The standard InChI is InChI=1S/C16H26O2Si/c1-7-12-17-15-10-8-14(9-11-15)13-18-19(5,6)16(2,3)4/h7-11H,1,12-13H2,2-6H3. The van der Waals surface area contributed by atoms with Crippen molar-refractivity contribution in [1.29, 1.82) is 0 Å². The summed E-state index contributed by atoms with van der Waals surface area (Å²) in [6.45, 7) is 16.2. The zero-order chi connectivity index (χ0) is 14.5. The van der Waals surface area contributed by atoms with Crippen LogP contribution in [0.3, 0.4) is 0 Å². The Labute approximate surface area is 118 Å². The Morgan fingerprint density at radius 1 is 1.16 bits per heavy atom. The average molecular weight is 278 g/mol. The lowest BCUT2D eigenvalue weighted by Crippen LogP contribution is -2.40. The lowest BCUT2D eigenvalue weighted by molar-refractivity contribution is 0.276. The van der Waals surface area contributed by atoms with Crippen molar-refractivity contribution in [3.8, 4) is 5.75 Å². The third kappa shape index (κ3) is 4.84. The topological polar surface area (TPSA) is 18.5 Å². The first kappa shape index (κ1) is 16.0. The van der Waals surface area contributed by atoms with Crippen molar-refractivity contribution in [1.82, 2.24) is 0 Å². The van der Waals surface area contributed by atoms with Gasteiger partial charge in [0.15, 0.2) is 8.32 Å². The second kappa shape index (κ2) is 6.39. The minimum atomic E-state index is -1.67. The summed E-state index contributed by atoms with van der Waals surface area (Å²) in [6.07, 6.45) is 1.74. The van der Waals surface area contributed by atoms with Gasteiger partial charge in [-0.25, -0.2) is 0 Å². The monoisotopic (exact) mass is 278 g/mol. The Kier molecular flexibility index (Phi) is 5.38. The summed E-state index contributed by atoms with van der Waals surface area (Å²) >= 11 is 0. The molecule has 19 heavy (non-hydrogen) atoms. The number of rotatable bonds is 6. The largest absolute Gasteiger partial charge is 0.490 e. The van der Waals surface area contributed by atoms with Crippen LogP contribution in [0.5, 0.6) is 5.75 Å². The van der Waals surface area contributed by atoms with Crippen LogP contribution in [0.1, 0.15) is 26.3 Å². The molecule has 0 aromatic heterocycles. The van der Waals surface area contributed by atoms with Gasteiger partial charge in [-0.15, -0.1) is 0 Å². The Hall–Kier alpha value is -1.06. The Morgan fingerprint density at radius 3 is 2.21 bits per heavy atom. The van der Waals surface area contributed by atoms with E-state index in [0.717, 1.165) is 5.75 Å². The molecule has 0 aliphatic rings. The van der Waals surface area contributed by atoms with E-state index in [0.29, 0.717) is 13.2 Å². The second-order valence-electron chi connectivity index (χ2n) is 6.29. The van der Waals surface area contributed by atoms with Crippen molar-refractivity contribution in [2.45, 2.75) is 45.5 Å². The quantitative estimate of drug-likeness (QED) is 0.551. The van der Waals surface area contributed by atoms with Gasteiger partial charge in [0.25, 0.3) is 0 Å². The lowest BCUT2D eigenvalue weighted by atomic mass is 10.2. The maximum Gasteiger partial charge on any atom is 0.192 e. The molecule has 0 saturated heterocycles. The Bertz CT molecular complexity index is 402. The van der Waals surface area contributed by atoms with Crippen molar-refractivity contribution < 1.29 is 9.16 Å². The predicted octanol–water partition coefficient (Wildman–Crippen LogP) is 4.77. The van der Waals surface area contributed by atoms with Gasteiger partial charge in [-0.2, -0.15) is 0 Å². The van der Waals surface area contributed by atoms with E-state index in [9.17, 15) is 0 Å². The molecule has 0 unspecified atom stereocenters. The van der Waals surface area contributed by atoms with Gasteiger partial charge >= 0.3 is 0 Å². The van der Waals surface area contributed by atoms with E-state index in [1.54, 1.807) is 6.08 Å². The van der Waals surface area contributed by atoms with Gasteiger partial charge in [0.1, 0.15) is 12.4 Å². The van der Waals surface area contributed by atoms with Crippen LogP contribution in [-0.2, 0) is 11.0 Å². The van der Waals surface area contributed by atoms with Gasteiger partial charge < -0.3 is 9.16 Å². The highest BCUT2D eigenvalue weighted by Crippen LogP contribution is 2.37. The Balaban J connectivity index is 2.57. The van der Waals surface area contributed by atoms with Crippen molar-refractivity contribution in [2.75, 3.05) is 6.61 Å². The molecule has 0 fully saturated rings. The molecule has 0 N–H and O–H groups in total. The van der Waals surface area contributed by atoms with Gasteiger partial charge in [-0.1, -0.05) is 45.6 Å². The fourth-order valence-electron chi connectivity index (χ4n) is 1.32. The molecule has 0 saturated carbocycles. The zero-order valence-corrected chi connectivity index (χ0v) is 13.8. The number of hydrogen-bond acceptors (Lipinski definition) is 2. The van der Waals surface area contributed by atoms with Crippen LogP contribution in [0, 0.1) is 0 Å². The predicted molar refractivity (Wildman–Crippen MR) is 84.1 cm³/mol. The molecule has 0 heterocycles. The van der Waals surface area contributed by atoms with Crippen molar-refractivity contribution in [3.63, 3.8) is 0 Å². The van der Waals surface area contributed by atoms with E-state index >= 15 is 0 Å². The molecule has 106 valence electrons. The molecule has 0 amide bonds. The number of ether oxygens (including phenoxy) is 1. The van der Waals surface area contributed by atoms with Gasteiger partial charge in [-0.05, 0) is 35.8 Å². The first-order chi connectivity index (χ1) is 8.76. The van der Waals surface area contributed by atoms with Gasteiger partial charge in [0.2, 0.25) is 0 Å². The SMILES string of the molecule is C=CCOc1ccc(CO[Si](C)(C)C(C)(C)C)cc1. The van der Waals surface area contributed by atoms with Crippen molar-refractivity contribution in [3.05, 3.63) is 42.5 Å². The molecule has 0 spiro atoms. The molecule has 0 bridgehead atoms. The third-order valence-electron chi connectivity index (χ3n) is 3.70. The molecule has 1 aromatic carbocycles. The van der Waals surface area contributed by atoms with Crippen LogP contribution in [0.15, 0.2) is 36.9 Å². The maximum absolute atomic E-state index is 6.18. The molecule has 0 atom stereocenters. The lowest BCUT2D eigenvalue weighted by Gasteiger charge is -2.36. The fourth-order valence-corrected chi connectivity index (χ4v) is 2.28. The van der Waals surface area contributed by atoms with Crippen LogP contribution in [0.4, 0.5) is 0 Å². The van der Waals surface area contributed by atoms with Crippen LogP contribution in [0.25, 0.3) is 0 Å². The maximum atomic E-state index is 6.18. The second-order valence-corrected chi connectivity index (χ2v) is 11.1. The molecule has 2 nitrogen and oxygen atoms in total. The molecule has 0 radical (unpaired) electrons. The van der Waals surface area contributed by atoms with Gasteiger partial charge in [0.05, 0.1) is 6.61 Å². The minimum absolute atomic E-state index is 0.250. The molecule has 0 aliphatic heterocycles. The average Bonchev–Trinajstić information content (AvgIpc) is 2.34. The van der Waals surface area contributed by atoms with Crippen LogP contribution in [-0.4, -0.2) is 14.9 Å². The number of hydrogen-bond donors (Lipinski definition) is 0. The molecule has 0 aliphatic carbocycles. The van der Waals surface area contributed by atoms with Gasteiger partial charge in [-0.3, -0.25) is 0 Å². The highest BCUT2D eigenvalue weighted by molar-refractivity contribution is 6.74. The van der Waals surface area contributed by atoms with Crippen LogP contribution >= 0.6 is 0 Å². The highest BCUT2D eigenvalue weighted by Gasteiger charge is 2.36. The third-order valence-corrected chi connectivity index (χ3v) is 8.18. The van der Waals surface area contributed by atoms with Crippen LogP contribution < -0.4 is 4.74 Å². The summed E-state index contributed by atoms with van der Waals surface area (Å²) < 4.78 is 11.6. The smallest absolute Gasteiger partial charge is 0.192 e. The first-order valence-corrected chi connectivity index (χ1v) is 9.64. The molecular formula is C16H26O2Si. The van der Waals surface area contributed by atoms with E-state index in [-0.39, 0.29) is 5.04 Å². The first-order valence-electron chi connectivity index (χ1n) is 6.73. The van der Waals surface area contributed by atoms with Crippen molar-refractivity contribution >= 4 is 8.32 Å². The molecule has 1 aromatic rings.